The number of benzene rings is 1. The highest BCUT2D eigenvalue weighted by Gasteiger charge is 2.09. The lowest BCUT2D eigenvalue weighted by Crippen LogP contribution is -2.16. The minimum Gasteiger partial charge on any atom is -0.399 e. The average Bonchev–Trinajstić information content (AvgIpc) is 2.55. The number of aryl methyl sites for hydroxylation is 1. The van der Waals surface area contributed by atoms with Gasteiger partial charge in [0.2, 0.25) is 0 Å². The highest BCUT2D eigenvalue weighted by atomic mass is 16.1. The number of nitrogens with zero attached hydrogens (tertiary/aromatic N) is 1. The van der Waals surface area contributed by atoms with Crippen molar-refractivity contribution in [2.24, 2.45) is 0 Å². The highest BCUT2D eigenvalue weighted by Crippen LogP contribution is 2.10. The maximum Gasteiger partial charge on any atom is 0.274 e. The molecule has 0 aliphatic rings. The van der Waals surface area contributed by atoms with Gasteiger partial charge in [0.1, 0.15) is 0 Å². The van der Waals surface area contributed by atoms with Crippen LogP contribution in [-0.4, -0.2) is 9.78 Å². The quantitative estimate of drug-likeness (QED) is 0.751. The lowest BCUT2D eigenvalue weighted by atomic mass is 10.2. The van der Waals surface area contributed by atoms with Crippen LogP contribution in [0.25, 0.3) is 5.69 Å². The van der Waals surface area contributed by atoms with Crippen LogP contribution < -0.4 is 11.3 Å². The van der Waals surface area contributed by atoms with Crippen molar-refractivity contribution in [3.05, 3.63) is 45.9 Å². The second-order valence-electron chi connectivity index (χ2n) is 3.80. The molecule has 0 aliphatic heterocycles. The van der Waals surface area contributed by atoms with Crippen LogP contribution >= 0.6 is 0 Å². The molecule has 16 heavy (non-hydrogen) atoms. The maximum absolute atomic E-state index is 12.0. The zero-order valence-corrected chi connectivity index (χ0v) is 9.45. The van der Waals surface area contributed by atoms with Crippen LogP contribution in [0.1, 0.15) is 18.2 Å². The Bertz CT molecular complexity index is 549. The van der Waals surface area contributed by atoms with E-state index in [1.165, 1.54) is 0 Å². The molecular weight excluding hydrogens is 202 g/mol. The van der Waals surface area contributed by atoms with Gasteiger partial charge in [-0.3, -0.25) is 9.89 Å². The fourth-order valence-corrected chi connectivity index (χ4v) is 1.80. The summed E-state index contributed by atoms with van der Waals surface area (Å²) in [5.41, 5.74) is 8.87. The molecule has 0 fully saturated rings. The molecular formula is C12H15N3O. The number of aromatic amines is 1. The average molecular weight is 217 g/mol. The normalized spacial score (nSPS) is 10.6. The monoisotopic (exact) mass is 217 g/mol. The van der Waals surface area contributed by atoms with Crippen molar-refractivity contribution in [2.45, 2.75) is 20.3 Å². The molecule has 4 nitrogen and oxygen atoms in total. The first-order valence-electron chi connectivity index (χ1n) is 5.30. The second-order valence-corrected chi connectivity index (χ2v) is 3.80. The van der Waals surface area contributed by atoms with Gasteiger partial charge in [0, 0.05) is 16.9 Å². The first-order chi connectivity index (χ1) is 7.63. The van der Waals surface area contributed by atoms with Crippen LogP contribution in [0, 0.1) is 6.92 Å². The Morgan fingerprint density at radius 1 is 1.31 bits per heavy atom. The zero-order chi connectivity index (χ0) is 11.7. The van der Waals surface area contributed by atoms with E-state index >= 15 is 0 Å². The number of nitrogen functional groups attached to an aromatic ring is 1. The summed E-state index contributed by atoms with van der Waals surface area (Å²) in [6.07, 6.45) is 0.739. The Morgan fingerprint density at radius 3 is 2.44 bits per heavy atom. The third-order valence-electron chi connectivity index (χ3n) is 2.70. The third-order valence-corrected chi connectivity index (χ3v) is 2.70. The van der Waals surface area contributed by atoms with E-state index in [1.807, 2.05) is 26.0 Å². The standard InChI is InChI=1S/C12H15N3O/c1-3-11-8(2)14-15(12(11)16)10-6-4-9(13)5-7-10/h4-7,14H,3,13H2,1-2H3. The van der Waals surface area contributed by atoms with Gasteiger partial charge < -0.3 is 5.73 Å². The molecule has 1 aromatic carbocycles. The number of hydrogen-bond acceptors (Lipinski definition) is 2. The maximum atomic E-state index is 12.0. The SMILES string of the molecule is CCc1c(C)[nH]n(-c2ccc(N)cc2)c1=O. The van der Waals surface area contributed by atoms with Crippen LogP contribution in [0.15, 0.2) is 29.1 Å². The van der Waals surface area contributed by atoms with Crippen LogP contribution in [0.2, 0.25) is 0 Å². The molecule has 1 aromatic heterocycles. The summed E-state index contributed by atoms with van der Waals surface area (Å²) in [6.45, 7) is 3.89. The van der Waals surface area contributed by atoms with Crippen LogP contribution in [0.5, 0.6) is 0 Å². The number of nitrogens with two attached hydrogens (primary N) is 1. The van der Waals surface area contributed by atoms with Crippen molar-refractivity contribution in [1.29, 1.82) is 0 Å². The molecule has 0 amide bonds. The van der Waals surface area contributed by atoms with Gasteiger partial charge >= 0.3 is 0 Å². The summed E-state index contributed by atoms with van der Waals surface area (Å²) in [6, 6.07) is 7.21. The Kier molecular flexibility index (Phi) is 2.56. The minimum absolute atomic E-state index is 0.0183. The number of rotatable bonds is 2. The van der Waals surface area contributed by atoms with Gasteiger partial charge in [-0.2, -0.15) is 0 Å². The lowest BCUT2D eigenvalue weighted by Gasteiger charge is -2.01. The fraction of sp³-hybridized carbons (Fsp3) is 0.250. The first-order valence-corrected chi connectivity index (χ1v) is 5.30. The molecule has 0 radical (unpaired) electrons. The molecule has 2 aromatic rings. The molecule has 0 saturated heterocycles. The molecule has 0 atom stereocenters. The van der Waals surface area contributed by atoms with E-state index in [0.29, 0.717) is 5.69 Å². The number of aromatic nitrogens is 2. The molecule has 3 N–H and O–H groups in total. The van der Waals surface area contributed by atoms with Crippen molar-refractivity contribution in [3.63, 3.8) is 0 Å². The van der Waals surface area contributed by atoms with Gasteiger partial charge in [-0.1, -0.05) is 6.92 Å². The number of anilines is 1. The molecule has 84 valence electrons. The summed E-state index contributed by atoms with van der Waals surface area (Å²) >= 11 is 0. The summed E-state index contributed by atoms with van der Waals surface area (Å²) < 4.78 is 1.55. The van der Waals surface area contributed by atoms with Crippen LogP contribution in [0.4, 0.5) is 5.69 Å². The van der Waals surface area contributed by atoms with Gasteiger partial charge in [-0.05, 0) is 37.6 Å². The van der Waals surface area contributed by atoms with E-state index in [0.717, 1.165) is 23.4 Å². The Morgan fingerprint density at radius 2 is 1.94 bits per heavy atom. The molecule has 1 heterocycles. The first kappa shape index (κ1) is 10.5. The van der Waals surface area contributed by atoms with E-state index < -0.39 is 0 Å². The Hall–Kier alpha value is -1.97. The smallest absolute Gasteiger partial charge is 0.274 e. The third kappa shape index (κ3) is 1.62. The molecule has 2 rings (SSSR count). The summed E-state index contributed by atoms with van der Waals surface area (Å²) in [5, 5.41) is 3.06. The van der Waals surface area contributed by atoms with E-state index in [-0.39, 0.29) is 5.56 Å². The van der Waals surface area contributed by atoms with Crippen LogP contribution in [-0.2, 0) is 6.42 Å². The predicted molar refractivity (Wildman–Crippen MR) is 64.9 cm³/mol. The van der Waals surface area contributed by atoms with Gasteiger partial charge in [0.05, 0.1) is 5.69 Å². The predicted octanol–water partition coefficient (Wildman–Crippen LogP) is 1.62. The Labute approximate surface area is 93.7 Å². The minimum atomic E-state index is 0.0183. The van der Waals surface area contributed by atoms with Gasteiger partial charge in [0.15, 0.2) is 0 Å². The van der Waals surface area contributed by atoms with Gasteiger partial charge in [-0.15, -0.1) is 0 Å². The number of nitrogens with one attached hydrogen (secondary N) is 1. The second kappa shape index (κ2) is 3.89. The lowest BCUT2D eigenvalue weighted by molar-refractivity contribution is 0.834. The highest BCUT2D eigenvalue weighted by molar-refractivity contribution is 5.45. The molecule has 0 spiro atoms. The molecule has 4 heteroatoms. The number of hydrogen-bond donors (Lipinski definition) is 2. The topological polar surface area (TPSA) is 63.8 Å². The van der Waals surface area contributed by atoms with Crippen molar-refractivity contribution in [2.75, 3.05) is 5.73 Å². The molecule has 0 saturated carbocycles. The summed E-state index contributed by atoms with van der Waals surface area (Å²) in [5.74, 6) is 0. The van der Waals surface area contributed by atoms with Crippen molar-refractivity contribution < 1.29 is 0 Å². The summed E-state index contributed by atoms with van der Waals surface area (Å²) in [4.78, 5) is 12.0. The van der Waals surface area contributed by atoms with E-state index in [2.05, 4.69) is 5.10 Å². The summed E-state index contributed by atoms with van der Waals surface area (Å²) in [7, 11) is 0. The number of H-pyrrole nitrogens is 1. The van der Waals surface area contributed by atoms with Gasteiger partial charge in [-0.25, -0.2) is 4.68 Å². The zero-order valence-electron chi connectivity index (χ0n) is 9.45. The fourth-order valence-electron chi connectivity index (χ4n) is 1.80. The molecule has 0 bridgehead atoms. The van der Waals surface area contributed by atoms with E-state index in [4.69, 9.17) is 5.73 Å². The Balaban J connectivity index is 2.57. The largest absolute Gasteiger partial charge is 0.399 e. The van der Waals surface area contributed by atoms with Crippen molar-refractivity contribution >= 4 is 5.69 Å². The van der Waals surface area contributed by atoms with Crippen molar-refractivity contribution in [1.82, 2.24) is 9.78 Å². The van der Waals surface area contributed by atoms with Crippen LogP contribution in [0.3, 0.4) is 0 Å². The van der Waals surface area contributed by atoms with Crippen molar-refractivity contribution in [3.8, 4) is 5.69 Å². The molecule has 0 unspecified atom stereocenters. The van der Waals surface area contributed by atoms with E-state index in [1.54, 1.807) is 16.8 Å². The van der Waals surface area contributed by atoms with Gasteiger partial charge in [0.25, 0.3) is 5.56 Å². The molecule has 0 aliphatic carbocycles. The van der Waals surface area contributed by atoms with E-state index in [9.17, 15) is 4.79 Å².